The van der Waals surface area contributed by atoms with Crippen LogP contribution in [0.5, 0.6) is 5.75 Å². The zero-order valence-electron chi connectivity index (χ0n) is 12.2. The smallest absolute Gasteiger partial charge is 0.163 e. The molecule has 1 rings (SSSR count). The van der Waals surface area contributed by atoms with Crippen molar-refractivity contribution in [3.05, 3.63) is 11.9 Å². The molecule has 0 aliphatic rings. The van der Waals surface area contributed by atoms with Gasteiger partial charge in [0.2, 0.25) is 0 Å². The van der Waals surface area contributed by atoms with E-state index < -0.39 is 5.60 Å². The fourth-order valence-corrected chi connectivity index (χ4v) is 2.22. The minimum absolute atomic E-state index is 0.125. The van der Waals surface area contributed by atoms with Gasteiger partial charge in [-0.2, -0.15) is 5.10 Å². The van der Waals surface area contributed by atoms with Crippen LogP contribution < -0.4 is 10.5 Å². The largest absolute Gasteiger partial charge is 0.493 e. The van der Waals surface area contributed by atoms with Gasteiger partial charge >= 0.3 is 0 Å². The summed E-state index contributed by atoms with van der Waals surface area (Å²) in [6, 6.07) is 0.125. The van der Waals surface area contributed by atoms with E-state index in [1.54, 1.807) is 25.1 Å². The summed E-state index contributed by atoms with van der Waals surface area (Å²) in [6.07, 6.45) is 2.83. The van der Waals surface area contributed by atoms with E-state index in [0.29, 0.717) is 30.8 Å². The molecule has 0 saturated carbocycles. The SMILES string of the molecule is COCC(O)(CCCN)c1c(OC)cnn1C(C)C. The van der Waals surface area contributed by atoms with Gasteiger partial charge in [0.15, 0.2) is 5.75 Å². The highest BCUT2D eigenvalue weighted by Crippen LogP contribution is 2.35. The van der Waals surface area contributed by atoms with E-state index in [4.69, 9.17) is 15.2 Å². The molecule has 0 aromatic carbocycles. The molecule has 0 fully saturated rings. The van der Waals surface area contributed by atoms with Crippen molar-refractivity contribution in [1.29, 1.82) is 0 Å². The number of aliphatic hydroxyl groups is 1. The molecule has 6 heteroatoms. The molecule has 0 saturated heterocycles. The summed E-state index contributed by atoms with van der Waals surface area (Å²) in [7, 11) is 3.14. The predicted molar refractivity (Wildman–Crippen MR) is 73.2 cm³/mol. The van der Waals surface area contributed by atoms with E-state index in [0.717, 1.165) is 0 Å². The third kappa shape index (κ3) is 3.46. The van der Waals surface area contributed by atoms with E-state index in [9.17, 15) is 5.11 Å². The van der Waals surface area contributed by atoms with E-state index in [1.165, 1.54) is 0 Å². The maximum atomic E-state index is 10.9. The lowest BCUT2D eigenvalue weighted by atomic mass is 9.93. The fraction of sp³-hybridized carbons (Fsp3) is 0.769. The number of aromatic nitrogens is 2. The summed E-state index contributed by atoms with van der Waals surface area (Å²) in [4.78, 5) is 0. The highest BCUT2D eigenvalue weighted by molar-refractivity contribution is 5.31. The van der Waals surface area contributed by atoms with E-state index in [2.05, 4.69) is 5.10 Å². The number of rotatable bonds is 8. The lowest BCUT2D eigenvalue weighted by Crippen LogP contribution is -2.35. The second kappa shape index (κ2) is 6.88. The van der Waals surface area contributed by atoms with Crippen molar-refractivity contribution in [3.63, 3.8) is 0 Å². The van der Waals surface area contributed by atoms with Crippen LogP contribution in [0.3, 0.4) is 0 Å². The second-order valence-electron chi connectivity index (χ2n) is 4.96. The molecule has 0 bridgehead atoms. The van der Waals surface area contributed by atoms with Crippen LogP contribution in [0.2, 0.25) is 0 Å². The third-order valence-electron chi connectivity index (χ3n) is 3.09. The molecule has 1 heterocycles. The van der Waals surface area contributed by atoms with Crippen LogP contribution in [0.4, 0.5) is 0 Å². The Morgan fingerprint density at radius 3 is 2.63 bits per heavy atom. The van der Waals surface area contributed by atoms with Gasteiger partial charge in [-0.3, -0.25) is 4.68 Å². The van der Waals surface area contributed by atoms with E-state index in [-0.39, 0.29) is 12.6 Å². The maximum Gasteiger partial charge on any atom is 0.163 e. The molecule has 110 valence electrons. The lowest BCUT2D eigenvalue weighted by Gasteiger charge is -2.29. The Morgan fingerprint density at radius 2 is 2.16 bits per heavy atom. The molecule has 1 aromatic heterocycles. The van der Waals surface area contributed by atoms with Gasteiger partial charge in [-0.05, 0) is 33.2 Å². The lowest BCUT2D eigenvalue weighted by molar-refractivity contribution is -0.0511. The summed E-state index contributed by atoms with van der Waals surface area (Å²) in [5.74, 6) is 0.574. The normalized spacial score (nSPS) is 14.7. The van der Waals surface area contributed by atoms with Gasteiger partial charge in [-0.25, -0.2) is 0 Å². The van der Waals surface area contributed by atoms with Gasteiger partial charge < -0.3 is 20.3 Å². The van der Waals surface area contributed by atoms with Crippen molar-refractivity contribution < 1.29 is 14.6 Å². The van der Waals surface area contributed by atoms with Gasteiger partial charge in [0.05, 0.1) is 19.9 Å². The molecule has 0 amide bonds. The van der Waals surface area contributed by atoms with Crippen molar-refractivity contribution in [2.75, 3.05) is 27.4 Å². The predicted octanol–water partition coefficient (Wildman–Crippen LogP) is 1.05. The average Bonchev–Trinajstić information content (AvgIpc) is 2.81. The van der Waals surface area contributed by atoms with Crippen LogP contribution in [0.15, 0.2) is 6.20 Å². The Hall–Kier alpha value is -1.11. The van der Waals surface area contributed by atoms with Crippen LogP contribution in [-0.4, -0.2) is 42.3 Å². The van der Waals surface area contributed by atoms with Crippen molar-refractivity contribution in [2.45, 2.75) is 38.3 Å². The molecule has 1 unspecified atom stereocenters. The molecule has 6 nitrogen and oxygen atoms in total. The zero-order valence-corrected chi connectivity index (χ0v) is 12.2. The molecular weight excluding hydrogens is 246 g/mol. The number of hydrogen-bond acceptors (Lipinski definition) is 5. The number of nitrogens with two attached hydrogens (primary N) is 1. The van der Waals surface area contributed by atoms with Crippen LogP contribution in [0.25, 0.3) is 0 Å². The molecular formula is C13H25N3O3. The topological polar surface area (TPSA) is 82.5 Å². The van der Waals surface area contributed by atoms with Gasteiger partial charge in [-0.1, -0.05) is 0 Å². The summed E-state index contributed by atoms with van der Waals surface area (Å²) in [5.41, 5.74) is 5.06. The van der Waals surface area contributed by atoms with Gasteiger partial charge in [0, 0.05) is 13.2 Å². The van der Waals surface area contributed by atoms with Crippen molar-refractivity contribution in [2.24, 2.45) is 5.73 Å². The van der Waals surface area contributed by atoms with E-state index >= 15 is 0 Å². The highest BCUT2D eigenvalue weighted by atomic mass is 16.5. The molecule has 0 aliphatic carbocycles. The standard InChI is InChI=1S/C13H25N3O3/c1-10(2)16-12(11(19-4)8-15-16)13(17,9-18-3)6-5-7-14/h8,10,17H,5-7,9,14H2,1-4H3. The van der Waals surface area contributed by atoms with E-state index in [1.807, 2.05) is 13.8 Å². The molecule has 0 radical (unpaired) electrons. The quantitative estimate of drug-likeness (QED) is 0.738. The van der Waals surface area contributed by atoms with Crippen molar-refractivity contribution in [1.82, 2.24) is 9.78 Å². The number of nitrogens with zero attached hydrogens (tertiary/aromatic N) is 2. The fourth-order valence-electron chi connectivity index (χ4n) is 2.22. The van der Waals surface area contributed by atoms with Crippen molar-refractivity contribution >= 4 is 0 Å². The Bertz CT molecular complexity index is 392. The number of methoxy groups -OCH3 is 2. The van der Waals surface area contributed by atoms with Gasteiger partial charge in [0.25, 0.3) is 0 Å². The number of hydrogen-bond donors (Lipinski definition) is 2. The maximum absolute atomic E-state index is 10.9. The zero-order chi connectivity index (χ0) is 14.5. The minimum atomic E-state index is -1.14. The van der Waals surface area contributed by atoms with Gasteiger partial charge in [-0.15, -0.1) is 0 Å². The molecule has 3 N–H and O–H groups in total. The van der Waals surface area contributed by atoms with Crippen LogP contribution in [0, 0.1) is 0 Å². The molecule has 0 spiro atoms. The first-order valence-electron chi connectivity index (χ1n) is 6.53. The Morgan fingerprint density at radius 1 is 1.47 bits per heavy atom. The monoisotopic (exact) mass is 271 g/mol. The number of ether oxygens (including phenoxy) is 2. The van der Waals surface area contributed by atoms with Crippen LogP contribution in [-0.2, 0) is 10.3 Å². The second-order valence-corrected chi connectivity index (χ2v) is 4.96. The Balaban J connectivity index is 3.22. The first kappa shape index (κ1) is 15.9. The van der Waals surface area contributed by atoms with Crippen LogP contribution in [0.1, 0.15) is 38.4 Å². The minimum Gasteiger partial charge on any atom is -0.493 e. The molecule has 1 aromatic rings. The molecule has 19 heavy (non-hydrogen) atoms. The first-order chi connectivity index (χ1) is 9.00. The molecule has 0 aliphatic heterocycles. The summed E-state index contributed by atoms with van der Waals surface area (Å²) in [5, 5.41) is 15.2. The van der Waals surface area contributed by atoms with Crippen LogP contribution >= 0.6 is 0 Å². The van der Waals surface area contributed by atoms with Crippen molar-refractivity contribution in [3.8, 4) is 5.75 Å². The first-order valence-corrected chi connectivity index (χ1v) is 6.53. The van der Waals surface area contributed by atoms with Gasteiger partial charge in [0.1, 0.15) is 11.3 Å². The summed E-state index contributed by atoms with van der Waals surface area (Å²) >= 11 is 0. The Kier molecular flexibility index (Phi) is 5.78. The summed E-state index contributed by atoms with van der Waals surface area (Å²) in [6.45, 7) is 4.71. The highest BCUT2D eigenvalue weighted by Gasteiger charge is 2.36. The Labute approximate surface area is 114 Å². The average molecular weight is 271 g/mol. The molecule has 1 atom stereocenters. The summed E-state index contributed by atoms with van der Waals surface area (Å²) < 4.78 is 12.3. The third-order valence-corrected chi connectivity index (χ3v) is 3.09.